The number of hydrogen-bond donors (Lipinski definition) is 1. The van der Waals surface area contributed by atoms with Crippen molar-refractivity contribution in [2.24, 2.45) is 0 Å². The van der Waals surface area contributed by atoms with Gasteiger partial charge in [0.25, 0.3) is 0 Å². The van der Waals surface area contributed by atoms with Gasteiger partial charge in [0.05, 0.1) is 19.0 Å². The number of benzene rings is 1. The third-order valence-electron chi connectivity index (χ3n) is 3.43. The highest BCUT2D eigenvalue weighted by Gasteiger charge is 2.06. The average molecular weight is 294 g/mol. The summed E-state index contributed by atoms with van der Waals surface area (Å²) >= 11 is 0. The van der Waals surface area contributed by atoms with Crippen molar-refractivity contribution >= 4 is 5.82 Å². The van der Waals surface area contributed by atoms with Crippen LogP contribution in [0.1, 0.15) is 11.1 Å². The molecule has 2 heterocycles. The van der Waals surface area contributed by atoms with Gasteiger partial charge in [-0.05, 0) is 36.8 Å². The van der Waals surface area contributed by atoms with Crippen molar-refractivity contribution in [3.05, 3.63) is 66.1 Å². The fraction of sp³-hybridized carbons (Fsp3) is 0.176. The fourth-order valence-electron chi connectivity index (χ4n) is 2.19. The number of hydrogen-bond acceptors (Lipinski definition) is 4. The van der Waals surface area contributed by atoms with Crippen molar-refractivity contribution in [3.63, 3.8) is 0 Å². The smallest absolute Gasteiger partial charge is 0.151 e. The van der Waals surface area contributed by atoms with Crippen LogP contribution in [0.25, 0.3) is 5.69 Å². The number of nitrogens with one attached hydrogen (secondary N) is 1. The summed E-state index contributed by atoms with van der Waals surface area (Å²) in [5.74, 6) is 1.74. The van der Waals surface area contributed by atoms with Gasteiger partial charge in [-0.25, -0.2) is 4.68 Å². The Morgan fingerprint density at radius 1 is 1.18 bits per heavy atom. The van der Waals surface area contributed by atoms with Gasteiger partial charge in [-0.2, -0.15) is 5.10 Å². The second-order valence-electron chi connectivity index (χ2n) is 5.02. The van der Waals surface area contributed by atoms with Crippen molar-refractivity contribution in [2.45, 2.75) is 13.5 Å². The number of ether oxygens (including phenoxy) is 1. The summed E-state index contributed by atoms with van der Waals surface area (Å²) in [7, 11) is 1.67. The van der Waals surface area contributed by atoms with Gasteiger partial charge < -0.3 is 10.1 Å². The first-order chi connectivity index (χ1) is 10.8. The molecule has 0 amide bonds. The van der Waals surface area contributed by atoms with E-state index in [9.17, 15) is 0 Å². The maximum absolute atomic E-state index is 5.16. The van der Waals surface area contributed by atoms with Crippen LogP contribution in [0.15, 0.2) is 55.0 Å². The van der Waals surface area contributed by atoms with Crippen LogP contribution in [0.3, 0.4) is 0 Å². The Morgan fingerprint density at radius 3 is 2.68 bits per heavy atom. The Balaban J connectivity index is 1.71. The summed E-state index contributed by atoms with van der Waals surface area (Å²) in [5.41, 5.74) is 3.22. The van der Waals surface area contributed by atoms with Crippen molar-refractivity contribution in [1.29, 1.82) is 0 Å². The molecular formula is C17H18N4O. The summed E-state index contributed by atoms with van der Waals surface area (Å²) in [6.45, 7) is 2.76. The third kappa shape index (κ3) is 3.09. The van der Waals surface area contributed by atoms with E-state index in [4.69, 9.17) is 4.74 Å². The molecule has 0 aliphatic rings. The second kappa shape index (κ2) is 6.30. The molecule has 3 rings (SSSR count). The van der Waals surface area contributed by atoms with E-state index < -0.39 is 0 Å². The lowest BCUT2D eigenvalue weighted by Gasteiger charge is -2.06. The van der Waals surface area contributed by atoms with E-state index in [1.165, 1.54) is 5.56 Å². The normalized spacial score (nSPS) is 10.5. The van der Waals surface area contributed by atoms with Crippen LogP contribution in [0.4, 0.5) is 5.82 Å². The van der Waals surface area contributed by atoms with Crippen LogP contribution in [-0.2, 0) is 6.54 Å². The third-order valence-corrected chi connectivity index (χ3v) is 3.43. The Kier molecular flexibility index (Phi) is 4.05. The van der Waals surface area contributed by atoms with Gasteiger partial charge in [0.2, 0.25) is 0 Å². The molecule has 112 valence electrons. The molecule has 0 saturated carbocycles. The molecule has 0 atom stereocenters. The molecule has 0 aliphatic heterocycles. The molecule has 22 heavy (non-hydrogen) atoms. The lowest BCUT2D eigenvalue weighted by Crippen LogP contribution is -2.02. The molecule has 0 aliphatic carbocycles. The van der Waals surface area contributed by atoms with E-state index in [-0.39, 0.29) is 0 Å². The molecular weight excluding hydrogens is 276 g/mol. The predicted molar refractivity (Wildman–Crippen MR) is 86.4 cm³/mol. The lowest BCUT2D eigenvalue weighted by atomic mass is 10.2. The molecule has 1 N–H and O–H groups in total. The Bertz CT molecular complexity index is 735. The monoisotopic (exact) mass is 294 g/mol. The maximum Gasteiger partial charge on any atom is 0.151 e. The van der Waals surface area contributed by atoms with Crippen molar-refractivity contribution in [2.75, 3.05) is 12.4 Å². The van der Waals surface area contributed by atoms with E-state index in [1.54, 1.807) is 19.5 Å². The molecule has 2 aromatic heterocycles. The highest BCUT2D eigenvalue weighted by Crippen LogP contribution is 2.17. The Hall–Kier alpha value is -2.82. The first-order valence-electron chi connectivity index (χ1n) is 7.10. The maximum atomic E-state index is 5.16. The number of anilines is 1. The van der Waals surface area contributed by atoms with Gasteiger partial charge in [-0.1, -0.05) is 12.1 Å². The number of nitrogens with zero attached hydrogens (tertiary/aromatic N) is 3. The quantitative estimate of drug-likeness (QED) is 0.785. The molecule has 0 unspecified atom stereocenters. The predicted octanol–water partition coefficient (Wildman–Crippen LogP) is 3.20. The number of aryl methyl sites for hydroxylation is 1. The zero-order valence-corrected chi connectivity index (χ0v) is 12.7. The van der Waals surface area contributed by atoms with Gasteiger partial charge in [0.1, 0.15) is 5.75 Å². The van der Waals surface area contributed by atoms with Crippen molar-refractivity contribution in [3.8, 4) is 11.4 Å². The summed E-state index contributed by atoms with van der Waals surface area (Å²) in [6.07, 6.45) is 5.54. The number of aromatic nitrogens is 3. The van der Waals surface area contributed by atoms with E-state index in [0.29, 0.717) is 0 Å². The van der Waals surface area contributed by atoms with E-state index >= 15 is 0 Å². The highest BCUT2D eigenvalue weighted by molar-refractivity contribution is 5.45. The van der Waals surface area contributed by atoms with Crippen LogP contribution in [0.2, 0.25) is 0 Å². The molecule has 0 saturated heterocycles. The van der Waals surface area contributed by atoms with Gasteiger partial charge >= 0.3 is 0 Å². The minimum Gasteiger partial charge on any atom is -0.497 e. The largest absolute Gasteiger partial charge is 0.497 e. The standard InChI is InChI=1S/C17H18N4O/c1-13-12-21(15-4-3-9-18-11-15)20-17(13)19-10-14-5-7-16(22-2)8-6-14/h3-9,11-12H,10H2,1-2H3,(H,19,20). The van der Waals surface area contributed by atoms with Gasteiger partial charge in [-0.15, -0.1) is 0 Å². The summed E-state index contributed by atoms with van der Waals surface area (Å²) in [5, 5.41) is 7.93. The van der Waals surface area contributed by atoms with Gasteiger partial charge in [-0.3, -0.25) is 4.98 Å². The average Bonchev–Trinajstić information content (AvgIpc) is 2.95. The molecule has 5 nitrogen and oxygen atoms in total. The molecule has 0 radical (unpaired) electrons. The first kappa shape index (κ1) is 14.1. The van der Waals surface area contributed by atoms with Crippen LogP contribution < -0.4 is 10.1 Å². The zero-order chi connectivity index (χ0) is 15.4. The molecule has 5 heteroatoms. The van der Waals surface area contributed by atoms with E-state index in [2.05, 4.69) is 15.4 Å². The number of rotatable bonds is 5. The minimum atomic E-state index is 0.717. The number of pyridine rings is 1. The molecule has 3 aromatic rings. The lowest BCUT2D eigenvalue weighted by molar-refractivity contribution is 0.414. The fourth-order valence-corrected chi connectivity index (χ4v) is 2.19. The number of methoxy groups -OCH3 is 1. The molecule has 0 bridgehead atoms. The zero-order valence-electron chi connectivity index (χ0n) is 12.7. The molecule has 0 spiro atoms. The van der Waals surface area contributed by atoms with Crippen LogP contribution in [-0.4, -0.2) is 21.9 Å². The summed E-state index contributed by atoms with van der Waals surface area (Å²) in [4.78, 5) is 4.12. The molecule has 1 aromatic carbocycles. The second-order valence-corrected chi connectivity index (χ2v) is 5.02. The van der Waals surface area contributed by atoms with Crippen LogP contribution >= 0.6 is 0 Å². The van der Waals surface area contributed by atoms with Crippen molar-refractivity contribution < 1.29 is 4.74 Å². The first-order valence-corrected chi connectivity index (χ1v) is 7.10. The molecule has 0 fully saturated rings. The van der Waals surface area contributed by atoms with E-state index in [0.717, 1.165) is 29.4 Å². The highest BCUT2D eigenvalue weighted by atomic mass is 16.5. The van der Waals surface area contributed by atoms with Crippen molar-refractivity contribution in [1.82, 2.24) is 14.8 Å². The Morgan fingerprint density at radius 2 is 2.00 bits per heavy atom. The van der Waals surface area contributed by atoms with Crippen LogP contribution in [0.5, 0.6) is 5.75 Å². The van der Waals surface area contributed by atoms with E-state index in [1.807, 2.05) is 54.2 Å². The van der Waals surface area contributed by atoms with Gasteiger partial charge in [0, 0.05) is 24.5 Å². The SMILES string of the molecule is COc1ccc(CNc2nn(-c3cccnc3)cc2C)cc1. The summed E-state index contributed by atoms with van der Waals surface area (Å²) in [6, 6.07) is 11.9. The topological polar surface area (TPSA) is 52.0 Å². The Labute approximate surface area is 129 Å². The van der Waals surface area contributed by atoms with Crippen LogP contribution in [0, 0.1) is 6.92 Å². The van der Waals surface area contributed by atoms with Gasteiger partial charge in [0.15, 0.2) is 5.82 Å². The summed E-state index contributed by atoms with van der Waals surface area (Å²) < 4.78 is 6.99. The minimum absolute atomic E-state index is 0.717.